The molecule has 0 aliphatic rings. The summed E-state index contributed by atoms with van der Waals surface area (Å²) >= 11 is 0. The Kier molecular flexibility index (Phi) is 4.81. The average molecular weight is 300 g/mol. The van der Waals surface area contributed by atoms with Gasteiger partial charge in [-0.3, -0.25) is 15.1 Å². The standard InChI is InChI=1S/C15H12N2O5/c1-21-14-9-11(6-8-17(19)20)4-5-13(14)22-15(18)12-3-2-7-16-10-12/h2-10H,1H3. The number of carbonyl (C=O) groups excluding carboxylic acids is 1. The molecule has 112 valence electrons. The summed E-state index contributed by atoms with van der Waals surface area (Å²) in [4.78, 5) is 25.5. The molecule has 1 aromatic heterocycles. The molecule has 1 aromatic carbocycles. The van der Waals surface area contributed by atoms with Gasteiger partial charge < -0.3 is 9.47 Å². The van der Waals surface area contributed by atoms with Crippen LogP contribution >= 0.6 is 0 Å². The van der Waals surface area contributed by atoms with Crippen molar-refractivity contribution in [3.05, 3.63) is 70.2 Å². The molecule has 22 heavy (non-hydrogen) atoms. The van der Waals surface area contributed by atoms with Gasteiger partial charge in [-0.1, -0.05) is 6.07 Å². The third kappa shape index (κ3) is 3.89. The normalized spacial score (nSPS) is 10.4. The Morgan fingerprint density at radius 2 is 2.14 bits per heavy atom. The van der Waals surface area contributed by atoms with Crippen LogP contribution in [0, 0.1) is 10.1 Å². The Bertz CT molecular complexity index is 713. The molecule has 0 saturated heterocycles. The Balaban J connectivity index is 2.21. The summed E-state index contributed by atoms with van der Waals surface area (Å²) in [5, 5.41) is 10.3. The van der Waals surface area contributed by atoms with Crippen LogP contribution in [0.5, 0.6) is 11.5 Å². The lowest BCUT2D eigenvalue weighted by Gasteiger charge is -2.09. The fourth-order valence-electron chi connectivity index (χ4n) is 1.66. The Morgan fingerprint density at radius 3 is 2.77 bits per heavy atom. The Labute approximate surface area is 126 Å². The van der Waals surface area contributed by atoms with Crippen molar-refractivity contribution in [1.29, 1.82) is 0 Å². The van der Waals surface area contributed by atoms with E-state index in [-0.39, 0.29) is 5.75 Å². The van der Waals surface area contributed by atoms with Crippen molar-refractivity contribution in [1.82, 2.24) is 4.98 Å². The quantitative estimate of drug-likeness (QED) is 0.365. The second-order valence-corrected chi connectivity index (χ2v) is 4.14. The number of esters is 1. The molecule has 0 amide bonds. The summed E-state index contributed by atoms with van der Waals surface area (Å²) in [6.45, 7) is 0. The first-order valence-corrected chi connectivity index (χ1v) is 6.22. The largest absolute Gasteiger partial charge is 0.493 e. The number of ether oxygens (including phenoxy) is 2. The molecule has 7 heteroatoms. The number of hydrogen-bond acceptors (Lipinski definition) is 6. The van der Waals surface area contributed by atoms with E-state index in [0.717, 1.165) is 6.20 Å². The molecule has 0 aliphatic carbocycles. The minimum Gasteiger partial charge on any atom is -0.493 e. The van der Waals surface area contributed by atoms with Crippen LogP contribution in [-0.2, 0) is 0 Å². The number of nitrogens with zero attached hydrogens (tertiary/aromatic N) is 2. The Morgan fingerprint density at radius 1 is 1.32 bits per heavy atom. The number of benzene rings is 1. The maximum Gasteiger partial charge on any atom is 0.345 e. The van der Waals surface area contributed by atoms with Gasteiger partial charge in [0.15, 0.2) is 11.5 Å². The van der Waals surface area contributed by atoms with Crippen molar-refractivity contribution in [2.75, 3.05) is 7.11 Å². The van der Waals surface area contributed by atoms with Gasteiger partial charge in [-0.25, -0.2) is 4.79 Å². The molecule has 2 rings (SSSR count). The lowest BCUT2D eigenvalue weighted by atomic mass is 10.2. The van der Waals surface area contributed by atoms with Crippen LogP contribution in [0.15, 0.2) is 48.9 Å². The highest BCUT2D eigenvalue weighted by Crippen LogP contribution is 2.29. The van der Waals surface area contributed by atoms with Gasteiger partial charge in [0.2, 0.25) is 6.20 Å². The molecule has 7 nitrogen and oxygen atoms in total. The number of methoxy groups -OCH3 is 1. The van der Waals surface area contributed by atoms with Gasteiger partial charge in [-0.05, 0) is 29.8 Å². The number of rotatable bonds is 5. The molecule has 0 unspecified atom stereocenters. The number of aromatic nitrogens is 1. The maximum atomic E-state index is 12.0. The van der Waals surface area contributed by atoms with Gasteiger partial charge in [0.1, 0.15) is 0 Å². The highest BCUT2D eigenvalue weighted by Gasteiger charge is 2.12. The van der Waals surface area contributed by atoms with Gasteiger partial charge in [0.05, 0.1) is 17.6 Å². The van der Waals surface area contributed by atoms with Crippen molar-refractivity contribution in [3.8, 4) is 11.5 Å². The minimum absolute atomic E-state index is 0.217. The van der Waals surface area contributed by atoms with Gasteiger partial charge >= 0.3 is 5.97 Å². The van der Waals surface area contributed by atoms with Gasteiger partial charge in [-0.2, -0.15) is 0 Å². The van der Waals surface area contributed by atoms with Crippen molar-refractivity contribution < 1.29 is 19.2 Å². The van der Waals surface area contributed by atoms with E-state index < -0.39 is 10.9 Å². The smallest absolute Gasteiger partial charge is 0.345 e. The molecule has 2 aromatic rings. The van der Waals surface area contributed by atoms with Gasteiger partial charge in [-0.15, -0.1) is 0 Å². The molecule has 0 aliphatic heterocycles. The molecule has 1 heterocycles. The van der Waals surface area contributed by atoms with Gasteiger partial charge in [0, 0.05) is 18.5 Å². The van der Waals surface area contributed by atoms with E-state index in [1.807, 2.05) is 0 Å². The molecular weight excluding hydrogens is 288 g/mol. The van der Waals surface area contributed by atoms with E-state index >= 15 is 0 Å². The first-order valence-electron chi connectivity index (χ1n) is 6.22. The number of pyridine rings is 1. The van der Waals surface area contributed by atoms with Crippen LogP contribution in [0.25, 0.3) is 6.08 Å². The monoisotopic (exact) mass is 300 g/mol. The molecule has 0 fully saturated rings. The van der Waals surface area contributed by atoms with Crippen molar-refractivity contribution in [2.24, 2.45) is 0 Å². The highest BCUT2D eigenvalue weighted by molar-refractivity contribution is 5.91. The predicted octanol–water partition coefficient (Wildman–Crippen LogP) is 2.56. The van der Waals surface area contributed by atoms with Crippen LogP contribution in [0.2, 0.25) is 0 Å². The minimum atomic E-state index is -0.569. The maximum absolute atomic E-state index is 12.0. The molecule has 0 atom stereocenters. The summed E-state index contributed by atoms with van der Waals surface area (Å²) in [6, 6.07) is 7.82. The summed E-state index contributed by atoms with van der Waals surface area (Å²) < 4.78 is 10.4. The zero-order chi connectivity index (χ0) is 15.9. The van der Waals surface area contributed by atoms with E-state index in [0.29, 0.717) is 16.9 Å². The fourth-order valence-corrected chi connectivity index (χ4v) is 1.66. The van der Waals surface area contributed by atoms with Crippen molar-refractivity contribution in [3.63, 3.8) is 0 Å². The molecule has 0 spiro atoms. The predicted molar refractivity (Wildman–Crippen MR) is 78.2 cm³/mol. The zero-order valence-corrected chi connectivity index (χ0v) is 11.6. The average Bonchev–Trinajstić information content (AvgIpc) is 2.54. The second kappa shape index (κ2) is 6.98. The van der Waals surface area contributed by atoms with E-state index in [1.54, 1.807) is 24.4 Å². The van der Waals surface area contributed by atoms with Crippen LogP contribution in [0.4, 0.5) is 0 Å². The van der Waals surface area contributed by atoms with Crippen LogP contribution in [0.3, 0.4) is 0 Å². The van der Waals surface area contributed by atoms with Crippen LogP contribution < -0.4 is 9.47 Å². The third-order valence-corrected chi connectivity index (χ3v) is 2.68. The SMILES string of the molecule is COc1cc(C=C[N+](=O)[O-])ccc1OC(=O)c1cccnc1. The van der Waals surface area contributed by atoms with E-state index in [9.17, 15) is 14.9 Å². The first-order chi connectivity index (χ1) is 10.6. The molecule has 0 N–H and O–H groups in total. The van der Waals surface area contributed by atoms with E-state index in [4.69, 9.17) is 9.47 Å². The first kappa shape index (κ1) is 15.2. The molecule has 0 bridgehead atoms. The second-order valence-electron chi connectivity index (χ2n) is 4.14. The molecular formula is C15H12N2O5. The number of hydrogen-bond donors (Lipinski definition) is 0. The zero-order valence-electron chi connectivity index (χ0n) is 11.6. The van der Waals surface area contributed by atoms with Crippen LogP contribution in [0.1, 0.15) is 15.9 Å². The van der Waals surface area contributed by atoms with E-state index in [1.165, 1.54) is 31.5 Å². The summed E-state index contributed by atoms with van der Waals surface area (Å²) in [7, 11) is 1.41. The van der Waals surface area contributed by atoms with Crippen LogP contribution in [-0.4, -0.2) is 23.0 Å². The summed E-state index contributed by atoms with van der Waals surface area (Å²) in [5.41, 5.74) is 0.858. The van der Waals surface area contributed by atoms with E-state index in [2.05, 4.69) is 4.98 Å². The third-order valence-electron chi connectivity index (χ3n) is 2.68. The topological polar surface area (TPSA) is 91.6 Å². The number of carbonyl (C=O) groups is 1. The lowest BCUT2D eigenvalue weighted by Crippen LogP contribution is -2.09. The molecule has 0 saturated carbocycles. The summed E-state index contributed by atoms with van der Waals surface area (Å²) in [6.07, 6.45) is 5.07. The van der Waals surface area contributed by atoms with Crippen molar-refractivity contribution in [2.45, 2.75) is 0 Å². The summed E-state index contributed by atoms with van der Waals surface area (Å²) in [5.74, 6) is -0.0580. The molecule has 0 radical (unpaired) electrons. The highest BCUT2D eigenvalue weighted by atomic mass is 16.6. The number of nitro groups is 1. The lowest BCUT2D eigenvalue weighted by molar-refractivity contribution is -0.400. The fraction of sp³-hybridized carbons (Fsp3) is 0.0667. The van der Waals surface area contributed by atoms with Crippen molar-refractivity contribution >= 4 is 12.0 Å². The van der Waals surface area contributed by atoms with Gasteiger partial charge in [0.25, 0.3) is 0 Å². The Hall–Kier alpha value is -3.22.